The fourth-order valence-corrected chi connectivity index (χ4v) is 2.11. The Bertz CT molecular complexity index is 573. The summed E-state index contributed by atoms with van der Waals surface area (Å²) >= 11 is 0. The zero-order chi connectivity index (χ0) is 13.9. The first kappa shape index (κ1) is 13.5. The third-order valence-corrected chi connectivity index (χ3v) is 3.56. The molecule has 0 saturated carbocycles. The lowest BCUT2D eigenvalue weighted by Crippen LogP contribution is -2.42. The van der Waals surface area contributed by atoms with E-state index in [4.69, 9.17) is 5.73 Å². The Kier molecular flexibility index (Phi) is 3.82. The van der Waals surface area contributed by atoms with E-state index in [1.807, 2.05) is 61.5 Å². The molecule has 2 aromatic rings. The van der Waals surface area contributed by atoms with E-state index in [-0.39, 0.29) is 5.78 Å². The molecular weight excluding hydrogens is 234 g/mol. The van der Waals surface area contributed by atoms with Gasteiger partial charge >= 0.3 is 0 Å². The summed E-state index contributed by atoms with van der Waals surface area (Å²) in [4.78, 5) is 12.5. The maximum Gasteiger partial charge on any atom is 0.161 e. The summed E-state index contributed by atoms with van der Waals surface area (Å²) in [6.45, 7) is 3.79. The topological polar surface area (TPSA) is 43.1 Å². The van der Waals surface area contributed by atoms with Gasteiger partial charge < -0.3 is 5.73 Å². The first-order chi connectivity index (χ1) is 9.01. The number of carbonyl (C=O) groups is 1. The molecule has 2 rings (SSSR count). The van der Waals surface area contributed by atoms with Crippen LogP contribution in [-0.4, -0.2) is 5.78 Å². The second-order valence-corrected chi connectivity index (χ2v) is 5.09. The lowest BCUT2D eigenvalue weighted by Gasteiger charge is -2.24. The first-order valence-electron chi connectivity index (χ1n) is 6.44. The molecule has 0 amide bonds. The Hall–Kier alpha value is -1.93. The molecule has 2 nitrogen and oxygen atoms in total. The second-order valence-electron chi connectivity index (χ2n) is 5.09. The van der Waals surface area contributed by atoms with Gasteiger partial charge in [0.05, 0.1) is 5.54 Å². The van der Waals surface area contributed by atoms with Gasteiger partial charge in [-0.2, -0.15) is 0 Å². The predicted molar refractivity (Wildman–Crippen MR) is 77.9 cm³/mol. The predicted octanol–water partition coefficient (Wildman–Crippen LogP) is 2.98. The SMILES string of the molecule is Cc1ccccc1CC(=O)C(C)(N)c1ccccc1. The molecule has 0 aromatic heterocycles. The van der Waals surface area contributed by atoms with Crippen molar-refractivity contribution < 1.29 is 4.79 Å². The highest BCUT2D eigenvalue weighted by Gasteiger charge is 2.29. The van der Waals surface area contributed by atoms with Crippen LogP contribution in [0.15, 0.2) is 54.6 Å². The standard InChI is InChI=1S/C17H19NO/c1-13-8-6-7-9-14(13)12-16(19)17(2,18)15-10-4-3-5-11-15/h3-11H,12,18H2,1-2H3. The van der Waals surface area contributed by atoms with E-state index >= 15 is 0 Å². The molecule has 2 N–H and O–H groups in total. The summed E-state index contributed by atoms with van der Waals surface area (Å²) < 4.78 is 0. The number of ketones is 1. The van der Waals surface area contributed by atoms with Crippen LogP contribution in [0.5, 0.6) is 0 Å². The molecule has 1 unspecified atom stereocenters. The monoisotopic (exact) mass is 253 g/mol. The molecule has 0 radical (unpaired) electrons. The van der Waals surface area contributed by atoms with Crippen LogP contribution in [0.1, 0.15) is 23.6 Å². The molecule has 0 fully saturated rings. The number of benzene rings is 2. The van der Waals surface area contributed by atoms with Gasteiger partial charge in [0.15, 0.2) is 5.78 Å². The number of hydrogen-bond donors (Lipinski definition) is 1. The molecule has 98 valence electrons. The highest BCUT2D eigenvalue weighted by atomic mass is 16.1. The average Bonchev–Trinajstić information content (AvgIpc) is 2.42. The van der Waals surface area contributed by atoms with Crippen molar-refractivity contribution >= 4 is 5.78 Å². The minimum absolute atomic E-state index is 0.0352. The van der Waals surface area contributed by atoms with Crippen LogP contribution < -0.4 is 5.73 Å². The number of Topliss-reactive ketones (excluding diaryl/α,β-unsaturated/α-hetero) is 1. The van der Waals surface area contributed by atoms with Crippen LogP contribution in [0.25, 0.3) is 0 Å². The third-order valence-electron chi connectivity index (χ3n) is 3.56. The Balaban J connectivity index is 2.23. The number of hydrogen-bond acceptors (Lipinski definition) is 2. The van der Waals surface area contributed by atoms with Gasteiger partial charge in [-0.1, -0.05) is 54.6 Å². The van der Waals surface area contributed by atoms with Gasteiger partial charge in [-0.15, -0.1) is 0 Å². The average molecular weight is 253 g/mol. The highest BCUT2D eigenvalue weighted by molar-refractivity contribution is 5.90. The van der Waals surface area contributed by atoms with Crippen LogP contribution in [0.2, 0.25) is 0 Å². The molecule has 1 atom stereocenters. The summed E-state index contributed by atoms with van der Waals surface area (Å²) in [5, 5.41) is 0. The van der Waals surface area contributed by atoms with Crippen molar-refractivity contribution in [1.29, 1.82) is 0 Å². The lowest BCUT2D eigenvalue weighted by atomic mass is 9.85. The number of aryl methyl sites for hydroxylation is 1. The lowest BCUT2D eigenvalue weighted by molar-refractivity contribution is -0.123. The molecule has 0 bridgehead atoms. The van der Waals surface area contributed by atoms with Crippen molar-refractivity contribution in [2.45, 2.75) is 25.8 Å². The summed E-state index contributed by atoms with van der Waals surface area (Å²) in [5.41, 5.74) is 8.31. The summed E-state index contributed by atoms with van der Waals surface area (Å²) in [5.74, 6) is 0.0352. The second kappa shape index (κ2) is 5.37. The molecule has 2 aromatic carbocycles. The molecule has 0 aliphatic heterocycles. The van der Waals surface area contributed by atoms with Crippen molar-refractivity contribution in [1.82, 2.24) is 0 Å². The molecular formula is C17H19NO. The van der Waals surface area contributed by atoms with Crippen molar-refractivity contribution in [3.63, 3.8) is 0 Å². The van der Waals surface area contributed by atoms with E-state index in [9.17, 15) is 4.79 Å². The van der Waals surface area contributed by atoms with Crippen LogP contribution >= 0.6 is 0 Å². The zero-order valence-corrected chi connectivity index (χ0v) is 11.4. The summed E-state index contributed by atoms with van der Waals surface area (Å²) in [7, 11) is 0. The summed E-state index contributed by atoms with van der Waals surface area (Å²) in [6.07, 6.45) is 0.370. The normalized spacial score (nSPS) is 13.8. The van der Waals surface area contributed by atoms with Gasteiger partial charge in [0, 0.05) is 6.42 Å². The molecule has 19 heavy (non-hydrogen) atoms. The smallest absolute Gasteiger partial charge is 0.161 e. The van der Waals surface area contributed by atoms with Gasteiger partial charge in [-0.3, -0.25) is 4.79 Å². The van der Waals surface area contributed by atoms with Crippen molar-refractivity contribution in [3.05, 3.63) is 71.3 Å². The van der Waals surface area contributed by atoms with E-state index in [1.54, 1.807) is 6.92 Å². The number of carbonyl (C=O) groups excluding carboxylic acids is 1. The van der Waals surface area contributed by atoms with E-state index in [2.05, 4.69) is 0 Å². The Morgan fingerprint density at radius 3 is 2.26 bits per heavy atom. The molecule has 2 heteroatoms. The van der Waals surface area contributed by atoms with Gasteiger partial charge in [0.25, 0.3) is 0 Å². The Morgan fingerprint density at radius 2 is 1.63 bits per heavy atom. The van der Waals surface area contributed by atoms with Gasteiger partial charge in [0.2, 0.25) is 0 Å². The minimum Gasteiger partial charge on any atom is -0.315 e. The quantitative estimate of drug-likeness (QED) is 0.910. The van der Waals surface area contributed by atoms with Crippen molar-refractivity contribution in [2.75, 3.05) is 0 Å². The van der Waals surface area contributed by atoms with E-state index in [0.717, 1.165) is 16.7 Å². The van der Waals surface area contributed by atoms with E-state index < -0.39 is 5.54 Å². The molecule has 0 saturated heterocycles. The van der Waals surface area contributed by atoms with Gasteiger partial charge in [-0.25, -0.2) is 0 Å². The van der Waals surface area contributed by atoms with Gasteiger partial charge in [0.1, 0.15) is 0 Å². The number of rotatable bonds is 4. The molecule has 0 aliphatic carbocycles. The minimum atomic E-state index is -0.941. The molecule has 0 spiro atoms. The Morgan fingerprint density at radius 1 is 1.05 bits per heavy atom. The maximum atomic E-state index is 12.5. The third kappa shape index (κ3) is 2.91. The van der Waals surface area contributed by atoms with Gasteiger partial charge in [-0.05, 0) is 30.5 Å². The van der Waals surface area contributed by atoms with Crippen molar-refractivity contribution in [3.8, 4) is 0 Å². The van der Waals surface area contributed by atoms with E-state index in [0.29, 0.717) is 6.42 Å². The molecule has 0 aliphatic rings. The van der Waals surface area contributed by atoms with Crippen LogP contribution in [0.4, 0.5) is 0 Å². The first-order valence-corrected chi connectivity index (χ1v) is 6.44. The van der Waals surface area contributed by atoms with Crippen LogP contribution in [0, 0.1) is 6.92 Å². The maximum absolute atomic E-state index is 12.5. The Labute approximate surface area is 114 Å². The highest BCUT2D eigenvalue weighted by Crippen LogP contribution is 2.21. The largest absolute Gasteiger partial charge is 0.315 e. The fraction of sp³-hybridized carbons (Fsp3) is 0.235. The van der Waals surface area contributed by atoms with Crippen LogP contribution in [-0.2, 0) is 16.8 Å². The summed E-state index contributed by atoms with van der Waals surface area (Å²) in [6, 6.07) is 17.4. The van der Waals surface area contributed by atoms with Crippen LogP contribution in [0.3, 0.4) is 0 Å². The fourth-order valence-electron chi connectivity index (χ4n) is 2.11. The number of nitrogens with two attached hydrogens (primary N) is 1. The van der Waals surface area contributed by atoms with E-state index in [1.165, 1.54) is 0 Å². The molecule has 0 heterocycles. The van der Waals surface area contributed by atoms with Crippen molar-refractivity contribution in [2.24, 2.45) is 5.73 Å². The zero-order valence-electron chi connectivity index (χ0n) is 11.4.